The number of hydrogen-bond donors (Lipinski definition) is 1. The second kappa shape index (κ2) is 7.52. The second-order valence-electron chi connectivity index (χ2n) is 4.87. The van der Waals surface area contributed by atoms with Crippen molar-refractivity contribution in [1.29, 1.82) is 0 Å². The SMILES string of the molecule is CCc1ccccc1O[C@H](C)C(=O)Nc1cc(Cl)cc(Cl)c1. The van der Waals surface area contributed by atoms with Crippen LogP contribution in [0.2, 0.25) is 10.0 Å². The van der Waals surface area contributed by atoms with Crippen LogP contribution in [0.5, 0.6) is 5.75 Å². The minimum Gasteiger partial charge on any atom is -0.481 e. The number of rotatable bonds is 5. The van der Waals surface area contributed by atoms with Crippen molar-refractivity contribution in [3.8, 4) is 5.75 Å². The largest absolute Gasteiger partial charge is 0.481 e. The van der Waals surface area contributed by atoms with Crippen LogP contribution < -0.4 is 10.1 Å². The number of ether oxygens (including phenoxy) is 1. The molecule has 0 aliphatic rings. The Kier molecular flexibility index (Phi) is 5.69. The number of nitrogens with one attached hydrogen (secondary N) is 1. The molecule has 0 unspecified atom stereocenters. The first-order valence-electron chi connectivity index (χ1n) is 7.01. The van der Waals surface area contributed by atoms with E-state index in [9.17, 15) is 4.79 Å². The van der Waals surface area contributed by atoms with Crippen LogP contribution in [-0.2, 0) is 11.2 Å². The first-order valence-corrected chi connectivity index (χ1v) is 7.76. The monoisotopic (exact) mass is 337 g/mol. The molecule has 1 amide bonds. The van der Waals surface area contributed by atoms with Crippen LogP contribution >= 0.6 is 23.2 Å². The van der Waals surface area contributed by atoms with E-state index in [1.165, 1.54) is 0 Å². The minimum absolute atomic E-state index is 0.260. The summed E-state index contributed by atoms with van der Waals surface area (Å²) in [5.41, 5.74) is 1.61. The van der Waals surface area contributed by atoms with Crippen LogP contribution in [0.25, 0.3) is 0 Å². The summed E-state index contributed by atoms with van der Waals surface area (Å²) in [4.78, 5) is 12.2. The van der Waals surface area contributed by atoms with Gasteiger partial charge in [0, 0.05) is 15.7 Å². The molecule has 0 aliphatic carbocycles. The Morgan fingerprint density at radius 3 is 2.45 bits per heavy atom. The lowest BCUT2D eigenvalue weighted by Crippen LogP contribution is -2.30. The van der Waals surface area contributed by atoms with Crippen molar-refractivity contribution >= 4 is 34.8 Å². The van der Waals surface area contributed by atoms with Crippen LogP contribution in [-0.4, -0.2) is 12.0 Å². The van der Waals surface area contributed by atoms with E-state index in [0.29, 0.717) is 15.7 Å². The van der Waals surface area contributed by atoms with Gasteiger partial charge in [0.05, 0.1) is 0 Å². The summed E-state index contributed by atoms with van der Waals surface area (Å²) < 4.78 is 5.75. The fraction of sp³-hybridized carbons (Fsp3) is 0.235. The number of amides is 1. The number of para-hydroxylation sites is 1. The average Bonchev–Trinajstić information content (AvgIpc) is 2.46. The molecule has 0 radical (unpaired) electrons. The summed E-state index contributed by atoms with van der Waals surface area (Å²) in [6, 6.07) is 12.6. The lowest BCUT2D eigenvalue weighted by Gasteiger charge is -2.17. The molecular formula is C17H17Cl2NO2. The van der Waals surface area contributed by atoms with Gasteiger partial charge in [-0.15, -0.1) is 0 Å². The van der Waals surface area contributed by atoms with Crippen LogP contribution in [0.4, 0.5) is 5.69 Å². The van der Waals surface area contributed by atoms with Crippen molar-refractivity contribution < 1.29 is 9.53 Å². The topological polar surface area (TPSA) is 38.3 Å². The molecule has 2 aromatic carbocycles. The highest BCUT2D eigenvalue weighted by molar-refractivity contribution is 6.35. The van der Waals surface area contributed by atoms with E-state index >= 15 is 0 Å². The van der Waals surface area contributed by atoms with Gasteiger partial charge >= 0.3 is 0 Å². The molecular weight excluding hydrogens is 321 g/mol. The highest BCUT2D eigenvalue weighted by atomic mass is 35.5. The predicted octanol–water partition coefficient (Wildman–Crippen LogP) is 4.96. The number of hydrogen-bond acceptors (Lipinski definition) is 2. The van der Waals surface area contributed by atoms with Gasteiger partial charge in [0.25, 0.3) is 5.91 Å². The Labute approximate surface area is 140 Å². The van der Waals surface area contributed by atoms with E-state index in [1.54, 1.807) is 25.1 Å². The minimum atomic E-state index is -0.634. The Morgan fingerprint density at radius 1 is 1.18 bits per heavy atom. The predicted molar refractivity (Wildman–Crippen MR) is 91.0 cm³/mol. The standard InChI is InChI=1S/C17H17Cl2NO2/c1-3-12-6-4-5-7-16(12)22-11(2)17(21)20-15-9-13(18)8-14(19)10-15/h4-11H,3H2,1-2H3,(H,20,21)/t11-/m1/s1. The van der Waals surface area contributed by atoms with Gasteiger partial charge in [-0.05, 0) is 43.2 Å². The number of aryl methyl sites for hydroxylation is 1. The number of carbonyl (C=O) groups excluding carboxylic acids is 1. The fourth-order valence-corrected chi connectivity index (χ4v) is 2.55. The summed E-state index contributed by atoms with van der Waals surface area (Å²) in [5.74, 6) is 0.459. The molecule has 0 heterocycles. The van der Waals surface area contributed by atoms with Gasteiger partial charge in [0.2, 0.25) is 0 Å². The number of anilines is 1. The van der Waals surface area contributed by atoms with Crippen molar-refractivity contribution in [2.75, 3.05) is 5.32 Å². The molecule has 1 N–H and O–H groups in total. The van der Waals surface area contributed by atoms with Gasteiger partial charge in [-0.2, -0.15) is 0 Å². The molecule has 2 aromatic rings. The lowest BCUT2D eigenvalue weighted by molar-refractivity contribution is -0.122. The fourth-order valence-electron chi connectivity index (χ4n) is 2.02. The molecule has 5 heteroatoms. The Balaban J connectivity index is 2.06. The van der Waals surface area contributed by atoms with Gasteiger partial charge < -0.3 is 10.1 Å². The van der Waals surface area contributed by atoms with Gasteiger partial charge in [-0.25, -0.2) is 0 Å². The summed E-state index contributed by atoms with van der Waals surface area (Å²) >= 11 is 11.8. The Hall–Kier alpha value is -1.71. The molecule has 0 saturated carbocycles. The molecule has 0 fully saturated rings. The van der Waals surface area contributed by atoms with Gasteiger partial charge in [0.15, 0.2) is 6.10 Å². The molecule has 0 spiro atoms. The molecule has 1 atom stereocenters. The van der Waals surface area contributed by atoms with E-state index in [-0.39, 0.29) is 5.91 Å². The molecule has 116 valence electrons. The van der Waals surface area contributed by atoms with Crippen molar-refractivity contribution in [3.05, 3.63) is 58.1 Å². The van der Waals surface area contributed by atoms with Crippen LogP contribution in [0.15, 0.2) is 42.5 Å². The van der Waals surface area contributed by atoms with E-state index in [1.807, 2.05) is 31.2 Å². The molecule has 2 rings (SSSR count). The summed E-state index contributed by atoms with van der Waals surface area (Å²) in [5, 5.41) is 3.68. The van der Waals surface area contributed by atoms with Crippen molar-refractivity contribution in [1.82, 2.24) is 0 Å². The maximum absolute atomic E-state index is 12.2. The van der Waals surface area contributed by atoms with Crippen molar-refractivity contribution in [3.63, 3.8) is 0 Å². The third kappa shape index (κ3) is 4.39. The smallest absolute Gasteiger partial charge is 0.265 e. The van der Waals surface area contributed by atoms with Gasteiger partial charge in [0.1, 0.15) is 5.75 Å². The first-order chi connectivity index (χ1) is 10.5. The summed E-state index contributed by atoms with van der Waals surface area (Å²) in [6.45, 7) is 3.74. The zero-order valence-electron chi connectivity index (χ0n) is 12.4. The van der Waals surface area contributed by atoms with Crippen LogP contribution in [0.1, 0.15) is 19.4 Å². The Morgan fingerprint density at radius 2 is 1.82 bits per heavy atom. The van der Waals surface area contributed by atoms with E-state index < -0.39 is 6.10 Å². The van der Waals surface area contributed by atoms with E-state index in [2.05, 4.69) is 5.32 Å². The first kappa shape index (κ1) is 16.7. The average molecular weight is 338 g/mol. The van der Waals surface area contributed by atoms with Gasteiger partial charge in [-0.1, -0.05) is 48.3 Å². The molecule has 0 aromatic heterocycles. The number of halogens is 2. The molecule has 0 saturated heterocycles. The second-order valence-corrected chi connectivity index (χ2v) is 5.74. The Bertz CT molecular complexity index is 653. The highest BCUT2D eigenvalue weighted by Crippen LogP contribution is 2.23. The molecule has 0 bridgehead atoms. The van der Waals surface area contributed by atoms with Crippen LogP contribution in [0.3, 0.4) is 0 Å². The van der Waals surface area contributed by atoms with E-state index in [0.717, 1.165) is 17.7 Å². The number of benzene rings is 2. The zero-order valence-corrected chi connectivity index (χ0v) is 13.9. The lowest BCUT2D eigenvalue weighted by atomic mass is 10.1. The summed E-state index contributed by atoms with van der Waals surface area (Å²) in [7, 11) is 0. The van der Waals surface area contributed by atoms with E-state index in [4.69, 9.17) is 27.9 Å². The number of carbonyl (C=O) groups is 1. The van der Waals surface area contributed by atoms with Crippen LogP contribution in [0, 0.1) is 0 Å². The normalized spacial score (nSPS) is 11.8. The molecule has 3 nitrogen and oxygen atoms in total. The molecule has 22 heavy (non-hydrogen) atoms. The maximum Gasteiger partial charge on any atom is 0.265 e. The van der Waals surface area contributed by atoms with Crippen molar-refractivity contribution in [2.45, 2.75) is 26.4 Å². The third-order valence-electron chi connectivity index (χ3n) is 3.16. The molecule has 0 aliphatic heterocycles. The quantitative estimate of drug-likeness (QED) is 0.837. The third-order valence-corrected chi connectivity index (χ3v) is 3.59. The zero-order chi connectivity index (χ0) is 16.1. The highest BCUT2D eigenvalue weighted by Gasteiger charge is 2.16. The van der Waals surface area contributed by atoms with Crippen molar-refractivity contribution in [2.24, 2.45) is 0 Å². The summed E-state index contributed by atoms with van der Waals surface area (Å²) in [6.07, 6.45) is 0.208. The van der Waals surface area contributed by atoms with Gasteiger partial charge in [-0.3, -0.25) is 4.79 Å². The maximum atomic E-state index is 12.2.